The minimum atomic E-state index is -3.70. The Bertz CT molecular complexity index is 1060. The molecule has 0 radical (unpaired) electrons. The lowest BCUT2D eigenvalue weighted by Gasteiger charge is -2.05. The fourth-order valence-corrected chi connectivity index (χ4v) is 3.98. The zero-order chi connectivity index (χ0) is 20.1. The van der Waals surface area contributed by atoms with Gasteiger partial charge in [-0.2, -0.15) is 0 Å². The summed E-state index contributed by atoms with van der Waals surface area (Å²) < 4.78 is 28.1. The molecule has 3 N–H and O–H groups in total. The molecule has 0 saturated carbocycles. The van der Waals surface area contributed by atoms with E-state index in [1.54, 1.807) is 24.3 Å². The van der Waals surface area contributed by atoms with Crippen molar-refractivity contribution in [3.05, 3.63) is 70.7 Å². The highest BCUT2D eigenvalue weighted by Crippen LogP contribution is 2.25. The molecule has 2 aromatic carbocycles. The van der Waals surface area contributed by atoms with E-state index in [0.29, 0.717) is 17.3 Å². The van der Waals surface area contributed by atoms with Crippen molar-refractivity contribution in [1.29, 1.82) is 0 Å². The van der Waals surface area contributed by atoms with Crippen LogP contribution in [0.5, 0.6) is 5.75 Å². The van der Waals surface area contributed by atoms with E-state index in [9.17, 15) is 13.2 Å². The number of nitrogens with zero attached hydrogens (tertiary/aromatic N) is 1. The number of hydrogen-bond donors (Lipinski definition) is 2. The summed E-state index contributed by atoms with van der Waals surface area (Å²) in [6.45, 7) is 1.76. The van der Waals surface area contributed by atoms with Gasteiger partial charge in [-0.1, -0.05) is 30.3 Å². The van der Waals surface area contributed by atoms with Crippen LogP contribution < -0.4 is 15.2 Å². The summed E-state index contributed by atoms with van der Waals surface area (Å²) >= 11 is 1.37. The molecular formula is C19H19N3O4S2. The van der Waals surface area contributed by atoms with Crippen LogP contribution in [-0.4, -0.2) is 25.9 Å². The molecule has 0 bridgehead atoms. The van der Waals surface area contributed by atoms with Crippen molar-refractivity contribution < 1.29 is 17.9 Å². The van der Waals surface area contributed by atoms with E-state index in [4.69, 9.17) is 9.88 Å². The molecular weight excluding hydrogens is 398 g/mol. The standard InChI is InChI=1S/C19H19N3O4S2/c1-13-17(11-14-7-9-16(10-8-14)28(20,24)25)27-19(21-13)22-18(23)12-26-15-5-3-2-4-6-15/h2-10H,11-12H2,1H3,(H2,20,24,25)(H,21,22,23). The Hall–Kier alpha value is -2.75. The number of anilines is 1. The summed E-state index contributed by atoms with van der Waals surface area (Å²) in [5.41, 5.74) is 1.73. The second kappa shape index (κ2) is 8.51. The molecule has 0 atom stereocenters. The van der Waals surface area contributed by atoms with E-state index in [0.717, 1.165) is 16.1 Å². The van der Waals surface area contributed by atoms with Crippen molar-refractivity contribution in [3.63, 3.8) is 0 Å². The molecule has 0 aliphatic rings. The number of thiazole rings is 1. The van der Waals surface area contributed by atoms with Crippen LogP contribution in [0.25, 0.3) is 0 Å². The predicted octanol–water partition coefficient (Wildman–Crippen LogP) is 2.71. The quantitative estimate of drug-likeness (QED) is 0.614. The summed E-state index contributed by atoms with van der Waals surface area (Å²) in [4.78, 5) is 17.5. The number of primary sulfonamides is 1. The fraction of sp³-hybridized carbons (Fsp3) is 0.158. The van der Waals surface area contributed by atoms with Crippen LogP contribution in [0.1, 0.15) is 16.1 Å². The number of amides is 1. The summed E-state index contributed by atoms with van der Waals surface area (Å²) in [5, 5.41) is 8.34. The number of hydrogen-bond acceptors (Lipinski definition) is 6. The van der Waals surface area contributed by atoms with Gasteiger partial charge < -0.3 is 4.74 Å². The van der Waals surface area contributed by atoms with Gasteiger partial charge in [-0.25, -0.2) is 18.5 Å². The molecule has 28 heavy (non-hydrogen) atoms. The van der Waals surface area contributed by atoms with Gasteiger partial charge in [0.1, 0.15) is 5.75 Å². The molecule has 0 spiro atoms. The monoisotopic (exact) mass is 417 g/mol. The maximum absolute atomic E-state index is 12.1. The summed E-state index contributed by atoms with van der Waals surface area (Å²) in [6.07, 6.45) is 0.574. The number of benzene rings is 2. The molecule has 0 aliphatic heterocycles. The minimum Gasteiger partial charge on any atom is -0.484 e. The zero-order valence-electron chi connectivity index (χ0n) is 15.1. The summed E-state index contributed by atoms with van der Waals surface area (Å²) in [5.74, 6) is 0.332. The zero-order valence-corrected chi connectivity index (χ0v) is 16.7. The highest BCUT2D eigenvalue weighted by atomic mass is 32.2. The van der Waals surface area contributed by atoms with Gasteiger partial charge in [0.2, 0.25) is 10.0 Å². The highest BCUT2D eigenvalue weighted by molar-refractivity contribution is 7.89. The average molecular weight is 418 g/mol. The molecule has 0 fully saturated rings. The van der Waals surface area contributed by atoms with Gasteiger partial charge in [0.25, 0.3) is 5.91 Å². The number of sulfonamides is 1. The van der Waals surface area contributed by atoms with Crippen LogP contribution in [0.4, 0.5) is 5.13 Å². The van der Waals surface area contributed by atoms with E-state index in [2.05, 4.69) is 10.3 Å². The van der Waals surface area contributed by atoms with Crippen molar-refractivity contribution in [1.82, 2.24) is 4.98 Å². The first-order valence-corrected chi connectivity index (χ1v) is 10.7. The first kappa shape index (κ1) is 20.0. The van der Waals surface area contributed by atoms with Gasteiger partial charge in [-0.15, -0.1) is 11.3 Å². The Morgan fingerprint density at radius 3 is 2.46 bits per heavy atom. The first-order valence-electron chi connectivity index (χ1n) is 8.37. The number of carbonyl (C=O) groups is 1. The van der Waals surface area contributed by atoms with Gasteiger partial charge in [0.15, 0.2) is 11.7 Å². The molecule has 0 saturated heterocycles. The average Bonchev–Trinajstić information content (AvgIpc) is 2.99. The van der Waals surface area contributed by atoms with Crippen LogP contribution in [0, 0.1) is 6.92 Å². The second-order valence-electron chi connectivity index (χ2n) is 6.04. The SMILES string of the molecule is Cc1nc(NC(=O)COc2ccccc2)sc1Cc1ccc(S(N)(=O)=O)cc1. The Morgan fingerprint density at radius 1 is 1.14 bits per heavy atom. The molecule has 3 aromatic rings. The van der Waals surface area contributed by atoms with Crippen molar-refractivity contribution in [2.24, 2.45) is 5.14 Å². The number of rotatable bonds is 7. The van der Waals surface area contributed by atoms with E-state index >= 15 is 0 Å². The second-order valence-corrected chi connectivity index (χ2v) is 8.69. The van der Waals surface area contributed by atoms with Crippen molar-refractivity contribution >= 4 is 32.4 Å². The first-order chi connectivity index (χ1) is 13.3. The number of ether oxygens (including phenoxy) is 1. The van der Waals surface area contributed by atoms with Gasteiger partial charge in [-0.05, 0) is 36.8 Å². The maximum Gasteiger partial charge on any atom is 0.264 e. The molecule has 146 valence electrons. The fourth-order valence-electron chi connectivity index (χ4n) is 2.45. The molecule has 0 unspecified atom stereocenters. The van der Waals surface area contributed by atoms with E-state index in [1.165, 1.54) is 23.5 Å². The van der Waals surface area contributed by atoms with Crippen molar-refractivity contribution in [3.8, 4) is 5.75 Å². The molecule has 1 heterocycles. The Kier molecular flexibility index (Phi) is 6.08. The topological polar surface area (TPSA) is 111 Å². The third kappa shape index (κ3) is 5.38. The normalized spacial score (nSPS) is 11.2. The molecule has 0 aliphatic carbocycles. The number of nitrogens with two attached hydrogens (primary N) is 1. The minimum absolute atomic E-state index is 0.0728. The Balaban J connectivity index is 1.60. The molecule has 1 amide bonds. The van der Waals surface area contributed by atoms with E-state index in [1.807, 2.05) is 25.1 Å². The molecule has 7 nitrogen and oxygen atoms in total. The lowest BCUT2D eigenvalue weighted by molar-refractivity contribution is -0.118. The van der Waals surface area contributed by atoms with E-state index < -0.39 is 10.0 Å². The summed E-state index contributed by atoms with van der Waals surface area (Å²) in [7, 11) is -3.70. The predicted molar refractivity (Wildman–Crippen MR) is 108 cm³/mol. The van der Waals surface area contributed by atoms with Crippen LogP contribution in [-0.2, 0) is 21.2 Å². The van der Waals surface area contributed by atoms with E-state index in [-0.39, 0.29) is 17.4 Å². The Labute approximate surface area is 167 Å². The number of para-hydroxylation sites is 1. The van der Waals surface area contributed by atoms with Gasteiger partial charge in [-0.3, -0.25) is 10.1 Å². The smallest absolute Gasteiger partial charge is 0.264 e. The number of carbonyl (C=O) groups excluding carboxylic acids is 1. The number of aryl methyl sites for hydroxylation is 1. The summed E-state index contributed by atoms with van der Waals surface area (Å²) in [6, 6.07) is 15.5. The third-order valence-electron chi connectivity index (χ3n) is 3.87. The maximum atomic E-state index is 12.1. The number of nitrogens with one attached hydrogen (secondary N) is 1. The molecule has 3 rings (SSSR count). The van der Waals surface area contributed by atoms with Crippen LogP contribution in [0.2, 0.25) is 0 Å². The number of aromatic nitrogens is 1. The van der Waals surface area contributed by atoms with Gasteiger partial charge in [0.05, 0.1) is 10.6 Å². The molecule has 9 heteroatoms. The largest absolute Gasteiger partial charge is 0.484 e. The lowest BCUT2D eigenvalue weighted by atomic mass is 10.1. The molecule has 1 aromatic heterocycles. The lowest BCUT2D eigenvalue weighted by Crippen LogP contribution is -2.20. The Morgan fingerprint density at radius 2 is 1.82 bits per heavy atom. The van der Waals surface area contributed by atoms with Gasteiger partial charge in [0, 0.05) is 11.3 Å². The van der Waals surface area contributed by atoms with Crippen LogP contribution in [0.3, 0.4) is 0 Å². The van der Waals surface area contributed by atoms with Crippen molar-refractivity contribution in [2.45, 2.75) is 18.2 Å². The highest BCUT2D eigenvalue weighted by Gasteiger charge is 2.13. The van der Waals surface area contributed by atoms with Crippen molar-refractivity contribution in [2.75, 3.05) is 11.9 Å². The third-order valence-corrected chi connectivity index (χ3v) is 5.87. The van der Waals surface area contributed by atoms with Gasteiger partial charge >= 0.3 is 0 Å². The van der Waals surface area contributed by atoms with Crippen LogP contribution in [0.15, 0.2) is 59.5 Å². The van der Waals surface area contributed by atoms with Crippen LogP contribution >= 0.6 is 11.3 Å².